The van der Waals surface area contributed by atoms with Gasteiger partial charge in [-0.1, -0.05) is 313 Å². The summed E-state index contributed by atoms with van der Waals surface area (Å²) in [5.41, 5.74) is 42.3. The Bertz CT molecular complexity index is 6740. The molecule has 19 rings (SSSR count). The molecule has 0 radical (unpaired) electrons. The summed E-state index contributed by atoms with van der Waals surface area (Å²) in [7, 11) is 13.2. The molecule has 0 fully saturated rings. The number of hydrogen-bond acceptors (Lipinski definition) is 4. The number of benzene rings is 11. The van der Waals surface area contributed by atoms with Gasteiger partial charge in [-0.25, -0.2) is 18.3 Å². The van der Waals surface area contributed by atoms with Crippen LogP contribution in [0.25, 0.3) is 67.8 Å². The number of rotatable bonds is 19. The van der Waals surface area contributed by atoms with E-state index in [1.54, 1.807) is 0 Å². The van der Waals surface area contributed by atoms with Gasteiger partial charge in [-0.3, -0.25) is 17.9 Å². The molecule has 11 aromatic carbocycles. The van der Waals surface area contributed by atoms with Crippen LogP contribution in [-0.4, -0.2) is 66.8 Å². The van der Waals surface area contributed by atoms with Gasteiger partial charge in [0.05, 0.1) is 50.4 Å². The SMILES string of the molecule is Cc1cccc2c1-c1n(C)cc[n+]1B(c1c(C(C)C)cc(-c3ccccc3)cc1C(C)C)N2C.Cc1cccc2c1-c1n(C)cc[n+]1B(c1c(C(C)C)cc(-c3ccccc3)cc1C(C)C)N2CC(C)C.Cc1cccc2c1-c1n(C)cc[n+]1B(c1c(C(C)C)cccc1C(C)C)N2c1c(C)cccc1C.Cc1cccc2c1-c1n(C)cc[n+]1B(c1c(CC(C)C)cccc1CC(C)C)N2C. The van der Waals surface area contributed by atoms with Gasteiger partial charge in [0.1, 0.15) is 49.6 Å². The number of fused-ring (bicyclic) bond motifs is 12. The molecule has 4 aliphatic heterocycles. The highest BCUT2D eigenvalue weighted by Crippen LogP contribution is 2.46. The lowest BCUT2D eigenvalue weighted by molar-refractivity contribution is -0.524. The van der Waals surface area contributed by atoms with Crippen LogP contribution in [0.2, 0.25) is 0 Å². The van der Waals surface area contributed by atoms with Crippen molar-refractivity contribution >= 4 is 78.2 Å². The smallest absolute Gasteiger partial charge is 0.372 e. The van der Waals surface area contributed by atoms with Gasteiger partial charge in [0.25, 0.3) is 23.3 Å². The van der Waals surface area contributed by atoms with Gasteiger partial charge in [-0.2, -0.15) is 0 Å². The molecule has 8 heterocycles. The Kier molecular flexibility index (Phi) is 28.3. The summed E-state index contributed by atoms with van der Waals surface area (Å²) in [4.78, 5) is 10.3. The van der Waals surface area contributed by atoms with E-state index in [-0.39, 0.29) is 27.9 Å². The third-order valence-corrected chi connectivity index (χ3v) is 29.1. The van der Waals surface area contributed by atoms with Crippen molar-refractivity contribution in [2.24, 2.45) is 45.9 Å². The van der Waals surface area contributed by atoms with E-state index in [1.165, 1.54) is 196 Å². The minimum atomic E-state index is 0.0244. The minimum Gasteiger partial charge on any atom is -0.372 e. The van der Waals surface area contributed by atoms with Crippen LogP contribution >= 0.6 is 0 Å². The highest BCUT2D eigenvalue weighted by atomic mass is 15.3. The minimum absolute atomic E-state index is 0.0244. The van der Waals surface area contributed by atoms with Crippen LogP contribution in [0.5, 0.6) is 0 Å². The van der Waals surface area contributed by atoms with Crippen molar-refractivity contribution in [1.29, 1.82) is 0 Å². The fourth-order valence-electron chi connectivity index (χ4n) is 22.9. The van der Waals surface area contributed by atoms with Crippen molar-refractivity contribution in [3.8, 4) is 67.8 Å². The highest BCUT2D eigenvalue weighted by Gasteiger charge is 2.53. The van der Waals surface area contributed by atoms with Gasteiger partial charge in [0.15, 0.2) is 0 Å². The predicted octanol–water partition coefficient (Wildman–Crippen LogP) is 23.7. The second-order valence-corrected chi connectivity index (χ2v) is 42.6. The van der Waals surface area contributed by atoms with Crippen molar-refractivity contribution in [2.45, 2.75) is 215 Å². The van der Waals surface area contributed by atoms with Crippen LogP contribution in [0, 0.1) is 59.3 Å². The number of anilines is 5. The van der Waals surface area contributed by atoms with Crippen molar-refractivity contribution in [3.05, 3.63) is 340 Å². The number of nitrogens with zero attached hydrogens (tertiary/aromatic N) is 12. The number of para-hydroxylation sites is 1. The van der Waals surface area contributed by atoms with E-state index in [2.05, 4.69) is 526 Å². The maximum absolute atomic E-state index is 2.68. The molecule has 0 atom stereocenters. The van der Waals surface area contributed by atoms with Gasteiger partial charge < -0.3 is 19.2 Å². The Morgan fingerprint density at radius 1 is 0.257 bits per heavy atom. The molecule has 136 heavy (non-hydrogen) atoms. The number of imidazole rings is 4. The summed E-state index contributed by atoms with van der Waals surface area (Å²) >= 11 is 0. The fraction of sp³-hybridized carbons (Fsp3) is 0.350. The third-order valence-electron chi connectivity index (χ3n) is 29.1. The molecular weight excluding hydrogens is 1650 g/mol. The molecule has 0 amide bonds. The van der Waals surface area contributed by atoms with Gasteiger partial charge in [0, 0.05) is 56.8 Å². The van der Waals surface area contributed by atoms with Crippen LogP contribution < -0.4 is 59.0 Å². The van der Waals surface area contributed by atoms with Crippen LogP contribution in [0.4, 0.5) is 28.4 Å². The molecule has 4 aromatic heterocycles. The second-order valence-electron chi connectivity index (χ2n) is 42.6. The zero-order valence-electron chi connectivity index (χ0n) is 87.3. The lowest BCUT2D eigenvalue weighted by Gasteiger charge is -2.38. The van der Waals surface area contributed by atoms with E-state index in [4.69, 9.17) is 0 Å². The van der Waals surface area contributed by atoms with Crippen molar-refractivity contribution in [3.63, 3.8) is 0 Å². The monoisotopic (exact) mass is 1800 g/mol. The lowest BCUT2D eigenvalue weighted by atomic mass is 9.57. The van der Waals surface area contributed by atoms with Crippen molar-refractivity contribution in [2.75, 3.05) is 39.9 Å². The van der Waals surface area contributed by atoms with Gasteiger partial charge in [0.2, 0.25) is 0 Å². The van der Waals surface area contributed by atoms with Crippen molar-refractivity contribution < 1.29 is 17.9 Å². The molecule has 0 aliphatic carbocycles. The summed E-state index contributed by atoms with van der Waals surface area (Å²) in [5, 5.41) is 0. The highest BCUT2D eigenvalue weighted by molar-refractivity contribution is 6.73. The molecule has 0 bridgehead atoms. The number of aromatic nitrogens is 8. The Balaban J connectivity index is 0.000000132. The molecule has 0 unspecified atom stereocenters. The molecule has 15 aromatic rings. The average molecular weight is 1800 g/mol. The zero-order chi connectivity index (χ0) is 97.2. The first-order chi connectivity index (χ1) is 65.0. The molecule has 0 N–H and O–H groups in total. The van der Waals surface area contributed by atoms with Gasteiger partial charge in [-0.05, 0) is 246 Å². The van der Waals surface area contributed by atoms with Crippen LogP contribution in [0.3, 0.4) is 0 Å². The summed E-state index contributed by atoms with van der Waals surface area (Å²) in [5.74, 6) is 9.39. The maximum Gasteiger partial charge on any atom is 0.542 e. The zero-order valence-corrected chi connectivity index (χ0v) is 87.3. The Morgan fingerprint density at radius 2 is 0.544 bits per heavy atom. The molecule has 12 nitrogen and oxygen atoms in total. The number of aryl methyl sites for hydroxylation is 10. The molecule has 0 spiro atoms. The number of hydrogen-bond donors (Lipinski definition) is 0. The van der Waals surface area contributed by atoms with Gasteiger partial charge >= 0.3 is 27.9 Å². The van der Waals surface area contributed by atoms with Crippen LogP contribution in [0.1, 0.15) is 238 Å². The molecule has 696 valence electrons. The molecular formula is C120H148B4N12+4. The van der Waals surface area contributed by atoms with E-state index >= 15 is 0 Å². The predicted molar refractivity (Wildman–Crippen MR) is 582 cm³/mol. The maximum atomic E-state index is 2.68. The summed E-state index contributed by atoms with van der Waals surface area (Å²) in [6, 6.07) is 78.9. The first-order valence-corrected chi connectivity index (χ1v) is 50.4. The standard InChI is InChI=1S/C33H41BN3.C31H37BN3.C30H35BN3.C26H35BN3/c1-22(2)21-37-30-16-12-13-25(7)31(30)33-35(8)17-18-36(33)34(37)32-28(23(3)4)19-27(20-29(32)24(5)6)26-14-10-9-11-15-26;1-20(2)25-15-11-16-26(21(3)4)29(25)32-34-19-18-33(8)31(34)28-22(5)12-10-17-27(28)35(32)30-23(6)13-9-14-24(30)7;1-20(2)25-18-24(23-13-9-8-10-14-23)19-26(21(3)4)29(25)31-33(7)27-15-11-12-22(5)28(27)30-32(6)16-17-34(30)31;1-18(2)16-21-11-9-12-22(17-19(3)4)25(21)27-29(7)23-13-8-10-20(5)24(23)26-28(6)14-15-30(26)27/h9-20,22-24H,21H2,1-8H3;9-21H,1-8H3;8-21H,1-7H3;8-15,18-19H,16-17H2,1-7H3/q4*+1. The van der Waals surface area contributed by atoms with E-state index in [9.17, 15) is 0 Å². The molecule has 16 heteroatoms. The van der Waals surface area contributed by atoms with E-state index in [0.29, 0.717) is 53.3 Å². The van der Waals surface area contributed by atoms with Crippen LogP contribution in [0.15, 0.2) is 262 Å². The summed E-state index contributed by atoms with van der Waals surface area (Å²) < 4.78 is 19.1. The second kappa shape index (κ2) is 39.8. The average Bonchev–Trinajstić information content (AvgIpc) is 1.40. The largest absolute Gasteiger partial charge is 0.542 e. The van der Waals surface area contributed by atoms with Crippen molar-refractivity contribution in [1.82, 2.24) is 18.3 Å². The Hall–Kier alpha value is -12.3. The molecule has 4 aliphatic rings. The van der Waals surface area contributed by atoms with E-state index in [1.807, 2.05) is 0 Å². The molecule has 0 saturated heterocycles. The lowest BCUT2D eigenvalue weighted by Crippen LogP contribution is -2.72. The Labute approximate surface area is 816 Å². The topological polar surface area (TPSA) is 48.2 Å². The van der Waals surface area contributed by atoms with E-state index < -0.39 is 0 Å². The normalized spacial score (nSPS) is 13.1. The van der Waals surface area contributed by atoms with Crippen LogP contribution in [-0.2, 0) is 41.0 Å². The summed E-state index contributed by atoms with van der Waals surface area (Å²) in [6.07, 6.45) is 20.1. The fourth-order valence-corrected chi connectivity index (χ4v) is 22.9. The first kappa shape index (κ1) is 96.8. The quantitative estimate of drug-likeness (QED) is 0.0757. The van der Waals surface area contributed by atoms with Gasteiger partial charge in [-0.15, -0.1) is 0 Å². The Morgan fingerprint density at radius 3 is 0.904 bits per heavy atom. The first-order valence-electron chi connectivity index (χ1n) is 50.4. The van der Waals surface area contributed by atoms with E-state index in [0.717, 1.165) is 19.4 Å². The molecule has 0 saturated carbocycles. The summed E-state index contributed by atoms with van der Waals surface area (Å²) in [6.45, 7) is 56.8. The third kappa shape index (κ3) is 18.0.